The van der Waals surface area contributed by atoms with Gasteiger partial charge in [0.1, 0.15) is 47.5 Å². The summed E-state index contributed by atoms with van der Waals surface area (Å²) in [7, 11) is 2.60. The number of carbonyl (C=O) groups excluding carboxylic acids is 10. The number of ketones is 4. The molecule has 8 fully saturated rings. The van der Waals surface area contributed by atoms with Crippen LogP contribution in [-0.4, -0.2) is 97.6 Å². The molecule has 18 heteroatoms. The molecule has 2 aromatic heterocycles. The molecular formula is C62H76O18. The lowest BCUT2D eigenvalue weighted by Crippen LogP contribution is -2.62. The van der Waals surface area contributed by atoms with Gasteiger partial charge in [0.25, 0.3) is 0 Å². The predicted octanol–water partition coefficient (Wildman–Crippen LogP) is 8.39. The fourth-order valence-corrected chi connectivity index (χ4v) is 19.7. The van der Waals surface area contributed by atoms with E-state index in [0.29, 0.717) is 11.1 Å². The molecule has 0 N–H and O–H groups in total. The second-order valence-electron chi connectivity index (χ2n) is 26.1. The maximum absolute atomic E-state index is 14.6. The number of methoxy groups -OCH3 is 2. The van der Waals surface area contributed by atoms with E-state index >= 15 is 0 Å². The number of hydrogen-bond acceptors (Lipinski definition) is 18. The Kier molecular flexibility index (Phi) is 13.9. The van der Waals surface area contributed by atoms with Gasteiger partial charge in [-0.15, -0.1) is 0 Å². The van der Waals surface area contributed by atoms with E-state index in [1.807, 2.05) is 55.4 Å². The Balaban J connectivity index is 0.000000194. The van der Waals surface area contributed by atoms with Crippen LogP contribution in [0.4, 0.5) is 0 Å². The first-order valence-corrected chi connectivity index (χ1v) is 27.6. The minimum atomic E-state index is -1.27. The van der Waals surface area contributed by atoms with Crippen LogP contribution in [-0.2, 0) is 76.4 Å². The third-order valence-electron chi connectivity index (χ3n) is 22.6. The lowest BCUT2D eigenvalue weighted by Gasteiger charge is -2.56. The largest absolute Gasteiger partial charge is 0.472 e. The Morgan fingerprint density at radius 2 is 0.838 bits per heavy atom. The maximum Gasteiger partial charge on any atom is 0.305 e. The average molecular weight is 1110 g/mol. The summed E-state index contributed by atoms with van der Waals surface area (Å²) in [5.74, 6) is -8.09. The van der Waals surface area contributed by atoms with Crippen LogP contribution < -0.4 is 0 Å². The highest BCUT2D eigenvalue weighted by molar-refractivity contribution is 5.99. The molecule has 18 atom stereocenters. The van der Waals surface area contributed by atoms with Crippen LogP contribution in [0, 0.1) is 78.8 Å². The van der Waals surface area contributed by atoms with Gasteiger partial charge >= 0.3 is 35.8 Å². The molecule has 2 heterocycles. The molecule has 8 saturated carbocycles. The van der Waals surface area contributed by atoms with Gasteiger partial charge < -0.3 is 37.3 Å². The average Bonchev–Trinajstić information content (AvgIpc) is 4.03. The van der Waals surface area contributed by atoms with Gasteiger partial charge in [0.2, 0.25) is 0 Å². The van der Waals surface area contributed by atoms with Crippen molar-refractivity contribution < 1.29 is 85.2 Å². The Hall–Kier alpha value is -6.46. The first kappa shape index (κ1) is 58.2. The van der Waals surface area contributed by atoms with Crippen LogP contribution in [0.3, 0.4) is 0 Å². The van der Waals surface area contributed by atoms with Gasteiger partial charge in [0.05, 0.1) is 50.1 Å². The number of Topliss-reactive ketones (excluding diaryl/α,β-unsaturated/α-hetero) is 4. The Morgan fingerprint density at radius 3 is 1.11 bits per heavy atom. The molecule has 2 aromatic rings. The Bertz CT molecular complexity index is 2820. The molecule has 8 aliphatic carbocycles. The molecule has 2 spiro atoms. The molecule has 80 heavy (non-hydrogen) atoms. The number of fused-ring (bicyclic) bond motifs is 6. The number of ether oxygens (including phenoxy) is 6. The van der Waals surface area contributed by atoms with Crippen molar-refractivity contribution in [3.05, 3.63) is 72.6 Å². The second-order valence-corrected chi connectivity index (χ2v) is 26.1. The molecule has 432 valence electrons. The lowest BCUT2D eigenvalue weighted by molar-refractivity contribution is -0.197. The molecule has 0 unspecified atom stereocenters. The van der Waals surface area contributed by atoms with Gasteiger partial charge in [0.15, 0.2) is 0 Å². The van der Waals surface area contributed by atoms with Crippen molar-refractivity contribution in [1.29, 1.82) is 0 Å². The Morgan fingerprint density at radius 1 is 0.512 bits per heavy atom. The van der Waals surface area contributed by atoms with Crippen molar-refractivity contribution in [2.45, 2.75) is 158 Å². The van der Waals surface area contributed by atoms with Gasteiger partial charge in [-0.2, -0.15) is 0 Å². The molecule has 0 amide bonds. The van der Waals surface area contributed by atoms with E-state index in [-0.39, 0.29) is 61.7 Å². The zero-order chi connectivity index (χ0) is 59.2. The molecular weight excluding hydrogens is 1030 g/mol. The highest BCUT2D eigenvalue weighted by Gasteiger charge is 2.88. The zero-order valence-electron chi connectivity index (χ0n) is 48.4. The van der Waals surface area contributed by atoms with Crippen molar-refractivity contribution in [3.63, 3.8) is 0 Å². The van der Waals surface area contributed by atoms with Gasteiger partial charge in [0, 0.05) is 112 Å². The number of esters is 6. The summed E-state index contributed by atoms with van der Waals surface area (Å²) in [6, 6.07) is 3.57. The van der Waals surface area contributed by atoms with Crippen LogP contribution in [0.2, 0.25) is 0 Å². The van der Waals surface area contributed by atoms with E-state index in [2.05, 4.69) is 13.2 Å². The minimum absolute atomic E-state index is 0.0615. The summed E-state index contributed by atoms with van der Waals surface area (Å²) in [6.45, 7) is 29.3. The van der Waals surface area contributed by atoms with Crippen molar-refractivity contribution in [1.82, 2.24) is 0 Å². The molecule has 18 nitrogen and oxygen atoms in total. The molecule has 0 aromatic carbocycles. The monoisotopic (exact) mass is 1110 g/mol. The summed E-state index contributed by atoms with van der Waals surface area (Å²) in [5.41, 5.74) is -5.86. The summed E-state index contributed by atoms with van der Waals surface area (Å²) in [4.78, 5) is 133. The van der Waals surface area contributed by atoms with Gasteiger partial charge in [-0.05, 0) is 57.8 Å². The third-order valence-corrected chi connectivity index (χ3v) is 22.6. The molecule has 4 bridgehead atoms. The number of furan rings is 2. The summed E-state index contributed by atoms with van der Waals surface area (Å²) in [5, 5.41) is 0. The normalized spacial score (nSPS) is 41.2. The van der Waals surface area contributed by atoms with Crippen molar-refractivity contribution >= 4 is 58.9 Å². The van der Waals surface area contributed by atoms with Gasteiger partial charge in [-0.3, -0.25) is 47.9 Å². The smallest absolute Gasteiger partial charge is 0.305 e. The maximum atomic E-state index is 14.6. The van der Waals surface area contributed by atoms with E-state index in [1.54, 1.807) is 24.7 Å². The van der Waals surface area contributed by atoms with Crippen LogP contribution in [0.1, 0.15) is 145 Å². The number of hydrogen-bond donors (Lipinski definition) is 0. The quantitative estimate of drug-likeness (QED) is 0.123. The second kappa shape index (κ2) is 19.1. The van der Waals surface area contributed by atoms with E-state index in [0.717, 1.165) is 11.1 Å². The van der Waals surface area contributed by atoms with Crippen molar-refractivity contribution in [2.75, 3.05) is 14.2 Å². The summed E-state index contributed by atoms with van der Waals surface area (Å²) >= 11 is 0. The minimum Gasteiger partial charge on any atom is -0.472 e. The van der Waals surface area contributed by atoms with Crippen molar-refractivity contribution in [3.8, 4) is 0 Å². The van der Waals surface area contributed by atoms with Crippen molar-refractivity contribution in [2.24, 2.45) is 78.8 Å². The fourth-order valence-electron chi connectivity index (χ4n) is 19.7. The lowest BCUT2D eigenvalue weighted by atomic mass is 9.46. The first-order valence-electron chi connectivity index (χ1n) is 27.6. The molecule has 0 radical (unpaired) electrons. The predicted molar refractivity (Wildman–Crippen MR) is 281 cm³/mol. The topological polar surface area (TPSA) is 252 Å². The Labute approximate surface area is 466 Å². The van der Waals surface area contributed by atoms with Crippen LogP contribution in [0.15, 0.2) is 70.3 Å². The molecule has 10 rings (SSSR count). The number of carbonyl (C=O) groups is 10. The molecule has 0 saturated heterocycles. The standard InChI is InChI=1S/2C31H38O9/c2*1-15-25-26(39-16(2)32)27(40-17(3)33)30(7)19(18-9-10-38-14-18)11-23(35)31(15,30)21-12-22(34)28(4,5)20(29(21,25)6)13-24(36)37-8/h2*9-10,14,19-21,25-27H,1,11-13H2,2-8H3/t2*19-,20-,21-,25+,26-,27-,29+,30+,31+/m00/s1. The zero-order valence-corrected chi connectivity index (χ0v) is 48.4. The van der Waals surface area contributed by atoms with E-state index in [1.165, 1.54) is 54.4 Å². The van der Waals surface area contributed by atoms with E-state index in [4.69, 9.17) is 37.3 Å². The number of rotatable bonds is 10. The fraction of sp³-hybridized carbons (Fsp3) is 0.645. The molecule has 8 aliphatic rings. The van der Waals surface area contributed by atoms with E-state index in [9.17, 15) is 47.9 Å². The highest BCUT2D eigenvalue weighted by Crippen LogP contribution is 2.85. The first-order chi connectivity index (χ1) is 37.2. The molecule has 0 aliphatic heterocycles. The SMILES string of the molecule is C=C1[C@@H]2[C@H](OC(C)=O)[C@H](OC(C)=O)[C@@]3(C)[C@H](c4ccoc4)CC(=O)[C@]13[C@H]1CC(=O)C(C)(C)[C@H](CC(=O)OC)[C@@]21C.C=C1[C@@H]2[C@H](OC(C)=O)[C@H](OC(C)=O)[C@@]3(C)[C@H](c4ccoc4)CC(=O)[C@]13[C@H]1CC(=O)C(C)(C)[C@H](CC(=O)OC)[C@@]21C. The summed E-state index contributed by atoms with van der Waals surface area (Å²) in [6.07, 6.45) is 2.42. The van der Waals surface area contributed by atoms with Crippen LogP contribution in [0.5, 0.6) is 0 Å². The van der Waals surface area contributed by atoms with Gasteiger partial charge in [-0.1, -0.05) is 79.7 Å². The van der Waals surface area contributed by atoms with Crippen LogP contribution in [0.25, 0.3) is 0 Å². The van der Waals surface area contributed by atoms with Crippen LogP contribution >= 0.6 is 0 Å². The third kappa shape index (κ3) is 7.25. The summed E-state index contributed by atoms with van der Waals surface area (Å²) < 4.78 is 45.2. The van der Waals surface area contributed by atoms with E-state index < -0.39 is 151 Å². The van der Waals surface area contributed by atoms with Gasteiger partial charge in [-0.25, -0.2) is 0 Å². The highest BCUT2D eigenvalue weighted by atomic mass is 16.6.